The first-order valence-electron chi connectivity index (χ1n) is 5.75. The maximum Gasteiger partial charge on any atom is 0.225 e. The second kappa shape index (κ2) is 5.23. The van der Waals surface area contributed by atoms with E-state index < -0.39 is 0 Å². The van der Waals surface area contributed by atoms with Crippen LogP contribution in [-0.4, -0.2) is 29.2 Å². The Morgan fingerprint density at radius 1 is 1.38 bits per heavy atom. The van der Waals surface area contributed by atoms with E-state index in [1.165, 1.54) is 5.56 Å². The zero-order chi connectivity index (χ0) is 11.4. The summed E-state index contributed by atoms with van der Waals surface area (Å²) in [6.45, 7) is 3.92. The molecule has 1 aliphatic rings. The van der Waals surface area contributed by atoms with Crippen LogP contribution in [0.2, 0.25) is 0 Å². The van der Waals surface area contributed by atoms with Crippen molar-refractivity contribution in [2.24, 2.45) is 5.90 Å². The molecule has 1 aromatic heterocycles. The molecule has 0 bridgehead atoms. The first-order valence-corrected chi connectivity index (χ1v) is 5.75. The molecular weight excluding hydrogens is 204 g/mol. The lowest BCUT2D eigenvalue weighted by Gasteiger charge is -2.30. The molecule has 0 spiro atoms. The molecule has 0 unspecified atom stereocenters. The second-order valence-electron chi connectivity index (χ2n) is 4.07. The molecular formula is C11H18N4O. The van der Waals surface area contributed by atoms with Crippen molar-refractivity contribution in [3.63, 3.8) is 0 Å². The molecule has 0 aromatic carbocycles. The Bertz CT molecular complexity index is 319. The van der Waals surface area contributed by atoms with Crippen LogP contribution in [0.5, 0.6) is 0 Å². The van der Waals surface area contributed by atoms with Gasteiger partial charge in [-0.3, -0.25) is 0 Å². The number of aryl methyl sites for hydroxylation is 1. The SMILES string of the molecule is CCc1cnc(N2CCC(ON)CC2)nc1. The summed E-state index contributed by atoms with van der Waals surface area (Å²) in [6, 6.07) is 0. The number of hydrogen-bond donors (Lipinski definition) is 1. The summed E-state index contributed by atoms with van der Waals surface area (Å²) in [5.41, 5.74) is 1.17. The molecule has 1 fully saturated rings. The normalized spacial score (nSPS) is 17.8. The molecule has 0 atom stereocenters. The van der Waals surface area contributed by atoms with Crippen LogP contribution in [-0.2, 0) is 11.3 Å². The summed E-state index contributed by atoms with van der Waals surface area (Å²) in [5, 5.41) is 0. The van der Waals surface area contributed by atoms with Gasteiger partial charge in [-0.25, -0.2) is 15.9 Å². The van der Waals surface area contributed by atoms with Crippen molar-refractivity contribution >= 4 is 5.95 Å². The lowest BCUT2D eigenvalue weighted by atomic mass is 10.1. The second-order valence-corrected chi connectivity index (χ2v) is 4.07. The van der Waals surface area contributed by atoms with Gasteiger partial charge in [-0.05, 0) is 24.8 Å². The van der Waals surface area contributed by atoms with Crippen molar-refractivity contribution in [3.05, 3.63) is 18.0 Å². The van der Waals surface area contributed by atoms with Crippen LogP contribution < -0.4 is 10.8 Å². The molecule has 2 N–H and O–H groups in total. The van der Waals surface area contributed by atoms with Crippen molar-refractivity contribution < 1.29 is 4.84 Å². The zero-order valence-electron chi connectivity index (χ0n) is 9.59. The smallest absolute Gasteiger partial charge is 0.225 e. The van der Waals surface area contributed by atoms with E-state index in [4.69, 9.17) is 10.7 Å². The lowest BCUT2D eigenvalue weighted by molar-refractivity contribution is 0.0366. The topological polar surface area (TPSA) is 64.3 Å². The number of piperidine rings is 1. The summed E-state index contributed by atoms with van der Waals surface area (Å²) < 4.78 is 0. The fourth-order valence-electron chi connectivity index (χ4n) is 1.89. The molecule has 5 nitrogen and oxygen atoms in total. The van der Waals surface area contributed by atoms with Crippen LogP contribution in [0.3, 0.4) is 0 Å². The molecule has 5 heteroatoms. The summed E-state index contributed by atoms with van der Waals surface area (Å²) in [5.74, 6) is 5.99. The minimum absolute atomic E-state index is 0.186. The number of hydrogen-bond acceptors (Lipinski definition) is 5. The van der Waals surface area contributed by atoms with Gasteiger partial charge in [-0.15, -0.1) is 0 Å². The third-order valence-electron chi connectivity index (χ3n) is 3.02. The number of nitrogens with two attached hydrogens (primary N) is 1. The van der Waals surface area contributed by atoms with Gasteiger partial charge in [-0.1, -0.05) is 6.92 Å². The van der Waals surface area contributed by atoms with Crippen LogP contribution in [0.1, 0.15) is 25.3 Å². The van der Waals surface area contributed by atoms with Gasteiger partial charge >= 0.3 is 0 Å². The Balaban J connectivity index is 1.97. The standard InChI is InChI=1S/C11H18N4O/c1-2-9-7-13-11(14-8-9)15-5-3-10(16-12)4-6-15/h7-8,10H,2-6,12H2,1H3. The Hall–Kier alpha value is -1.20. The first-order chi connectivity index (χ1) is 7.83. The van der Waals surface area contributed by atoms with E-state index in [2.05, 4.69) is 21.8 Å². The minimum atomic E-state index is 0.186. The maximum absolute atomic E-state index is 5.18. The highest BCUT2D eigenvalue weighted by Gasteiger charge is 2.20. The Morgan fingerprint density at radius 2 is 2.00 bits per heavy atom. The first kappa shape index (κ1) is 11.3. The van der Waals surface area contributed by atoms with Crippen molar-refractivity contribution in [2.75, 3.05) is 18.0 Å². The van der Waals surface area contributed by atoms with Gasteiger partial charge < -0.3 is 9.74 Å². The average molecular weight is 222 g/mol. The van der Waals surface area contributed by atoms with Gasteiger partial charge in [0.25, 0.3) is 0 Å². The van der Waals surface area contributed by atoms with Gasteiger partial charge in [-0.2, -0.15) is 0 Å². The van der Waals surface area contributed by atoms with Crippen molar-refractivity contribution in [1.29, 1.82) is 0 Å². The molecule has 16 heavy (non-hydrogen) atoms. The molecule has 1 saturated heterocycles. The van der Waals surface area contributed by atoms with E-state index in [9.17, 15) is 0 Å². The largest absolute Gasteiger partial charge is 0.341 e. The summed E-state index contributed by atoms with van der Waals surface area (Å²) in [4.78, 5) is 15.8. The molecule has 1 aromatic rings. The molecule has 2 rings (SSSR count). The minimum Gasteiger partial charge on any atom is -0.341 e. The molecule has 0 amide bonds. The summed E-state index contributed by atoms with van der Waals surface area (Å²) in [6.07, 6.45) is 6.83. The van der Waals surface area contributed by atoms with E-state index >= 15 is 0 Å². The molecule has 2 heterocycles. The summed E-state index contributed by atoms with van der Waals surface area (Å²) >= 11 is 0. The number of aromatic nitrogens is 2. The number of nitrogens with zero attached hydrogens (tertiary/aromatic N) is 3. The highest BCUT2D eigenvalue weighted by Crippen LogP contribution is 2.16. The van der Waals surface area contributed by atoms with Crippen LogP contribution in [0.25, 0.3) is 0 Å². The van der Waals surface area contributed by atoms with E-state index in [0.717, 1.165) is 38.3 Å². The maximum atomic E-state index is 5.18. The quantitative estimate of drug-likeness (QED) is 0.770. The predicted molar refractivity (Wildman–Crippen MR) is 61.9 cm³/mol. The Labute approximate surface area is 95.6 Å². The predicted octanol–water partition coefficient (Wildman–Crippen LogP) is 0.898. The average Bonchev–Trinajstić information content (AvgIpc) is 2.39. The van der Waals surface area contributed by atoms with Crippen LogP contribution in [0.15, 0.2) is 12.4 Å². The van der Waals surface area contributed by atoms with E-state index in [0.29, 0.717) is 0 Å². The molecule has 0 radical (unpaired) electrons. The van der Waals surface area contributed by atoms with Crippen molar-refractivity contribution in [1.82, 2.24) is 9.97 Å². The van der Waals surface area contributed by atoms with E-state index in [-0.39, 0.29) is 6.10 Å². The van der Waals surface area contributed by atoms with Crippen molar-refractivity contribution in [2.45, 2.75) is 32.3 Å². The zero-order valence-corrected chi connectivity index (χ0v) is 9.59. The fraction of sp³-hybridized carbons (Fsp3) is 0.636. The Kier molecular flexibility index (Phi) is 3.69. The fourth-order valence-corrected chi connectivity index (χ4v) is 1.89. The van der Waals surface area contributed by atoms with E-state index in [1.807, 2.05) is 12.4 Å². The van der Waals surface area contributed by atoms with Crippen LogP contribution >= 0.6 is 0 Å². The molecule has 0 aliphatic carbocycles. The highest BCUT2D eigenvalue weighted by atomic mass is 16.6. The van der Waals surface area contributed by atoms with Crippen molar-refractivity contribution in [3.8, 4) is 0 Å². The van der Waals surface area contributed by atoms with Crippen LogP contribution in [0.4, 0.5) is 5.95 Å². The summed E-state index contributed by atoms with van der Waals surface area (Å²) in [7, 11) is 0. The third-order valence-corrected chi connectivity index (χ3v) is 3.02. The van der Waals surface area contributed by atoms with Gasteiger partial charge in [0, 0.05) is 25.5 Å². The monoisotopic (exact) mass is 222 g/mol. The third kappa shape index (κ3) is 2.48. The van der Waals surface area contributed by atoms with Gasteiger partial charge in [0.1, 0.15) is 0 Å². The molecule has 0 saturated carbocycles. The lowest BCUT2D eigenvalue weighted by Crippen LogP contribution is -2.38. The number of rotatable bonds is 3. The molecule has 88 valence electrons. The van der Waals surface area contributed by atoms with Crippen LogP contribution in [0, 0.1) is 0 Å². The van der Waals surface area contributed by atoms with Gasteiger partial charge in [0.2, 0.25) is 5.95 Å². The Morgan fingerprint density at radius 3 is 2.50 bits per heavy atom. The molecule has 1 aliphatic heterocycles. The number of anilines is 1. The van der Waals surface area contributed by atoms with Gasteiger partial charge in [0.05, 0.1) is 6.10 Å². The van der Waals surface area contributed by atoms with Gasteiger partial charge in [0.15, 0.2) is 0 Å². The highest BCUT2D eigenvalue weighted by molar-refractivity contribution is 5.30. The van der Waals surface area contributed by atoms with E-state index in [1.54, 1.807) is 0 Å².